The van der Waals surface area contributed by atoms with Gasteiger partial charge < -0.3 is 23.9 Å². The molecular formula is C26H21FN2O7S. The molecule has 9 nitrogen and oxygen atoms in total. The molecule has 11 heteroatoms. The summed E-state index contributed by atoms with van der Waals surface area (Å²) in [4.78, 5) is 15.3. The van der Waals surface area contributed by atoms with Crippen molar-refractivity contribution in [1.82, 2.24) is 9.29 Å². The minimum absolute atomic E-state index is 0.0704. The van der Waals surface area contributed by atoms with Crippen LogP contribution in [0.15, 0.2) is 70.4 Å². The van der Waals surface area contributed by atoms with Crippen molar-refractivity contribution in [2.75, 3.05) is 20.0 Å². The van der Waals surface area contributed by atoms with Gasteiger partial charge in [-0.25, -0.2) is 12.8 Å². The molecule has 37 heavy (non-hydrogen) atoms. The molecule has 3 aromatic carbocycles. The molecule has 0 amide bonds. The van der Waals surface area contributed by atoms with E-state index in [2.05, 4.69) is 4.98 Å². The molecule has 0 atom stereocenters. The van der Waals surface area contributed by atoms with Gasteiger partial charge in [-0.15, -0.1) is 0 Å². The number of benzene rings is 3. The van der Waals surface area contributed by atoms with Gasteiger partial charge in [0.25, 0.3) is 5.56 Å². The Morgan fingerprint density at radius 2 is 1.57 bits per heavy atom. The van der Waals surface area contributed by atoms with E-state index in [-0.39, 0.29) is 25.4 Å². The molecule has 4 aromatic rings. The normalized spacial score (nSPS) is 14.3. The van der Waals surface area contributed by atoms with Crippen LogP contribution in [0.3, 0.4) is 0 Å². The van der Waals surface area contributed by atoms with E-state index >= 15 is 0 Å². The Labute approximate surface area is 211 Å². The highest BCUT2D eigenvalue weighted by atomic mass is 32.2. The summed E-state index contributed by atoms with van der Waals surface area (Å²) in [5, 5.41) is 0.644. The van der Waals surface area contributed by atoms with Crippen molar-refractivity contribution in [2.45, 2.75) is 18.0 Å². The number of pyridine rings is 1. The van der Waals surface area contributed by atoms with Gasteiger partial charge in [0.2, 0.25) is 16.8 Å². The lowest BCUT2D eigenvalue weighted by Crippen LogP contribution is -2.33. The van der Waals surface area contributed by atoms with Crippen LogP contribution in [0.5, 0.6) is 23.0 Å². The average molecular weight is 525 g/mol. The predicted octanol–water partition coefficient (Wildman–Crippen LogP) is 3.56. The van der Waals surface area contributed by atoms with Gasteiger partial charge in [0, 0.05) is 30.1 Å². The summed E-state index contributed by atoms with van der Waals surface area (Å²) in [5.74, 6) is 1.21. The number of nitrogens with one attached hydrogen (secondary N) is 1. The first kappa shape index (κ1) is 23.3. The summed E-state index contributed by atoms with van der Waals surface area (Å²) in [6.45, 7) is 0.445. The van der Waals surface area contributed by atoms with Crippen LogP contribution in [0.2, 0.25) is 0 Å². The third kappa shape index (κ3) is 4.36. The van der Waals surface area contributed by atoms with Gasteiger partial charge in [-0.3, -0.25) is 4.79 Å². The summed E-state index contributed by atoms with van der Waals surface area (Å²) in [7, 11) is -4.34. The third-order valence-electron chi connectivity index (χ3n) is 6.18. The third-order valence-corrected chi connectivity index (χ3v) is 8.01. The summed E-state index contributed by atoms with van der Waals surface area (Å²) in [6.07, 6.45) is 0. The van der Waals surface area contributed by atoms with E-state index in [1.807, 2.05) is 0 Å². The number of rotatable bonds is 6. The zero-order valence-electron chi connectivity index (χ0n) is 19.4. The van der Waals surface area contributed by atoms with E-state index < -0.39 is 26.3 Å². The Kier molecular flexibility index (Phi) is 5.73. The molecule has 2 aliphatic heterocycles. The fourth-order valence-electron chi connectivity index (χ4n) is 4.36. The molecule has 0 unspecified atom stereocenters. The van der Waals surface area contributed by atoms with Crippen molar-refractivity contribution in [3.63, 3.8) is 0 Å². The largest absolute Gasteiger partial charge is 0.486 e. The van der Waals surface area contributed by atoms with E-state index in [9.17, 15) is 17.6 Å². The van der Waals surface area contributed by atoms with Gasteiger partial charge in [-0.1, -0.05) is 18.2 Å². The maximum Gasteiger partial charge on any atom is 0.252 e. The second-order valence-electron chi connectivity index (χ2n) is 8.60. The van der Waals surface area contributed by atoms with E-state index in [0.29, 0.717) is 52.7 Å². The molecule has 6 rings (SSSR count). The molecule has 0 radical (unpaired) electrons. The van der Waals surface area contributed by atoms with Crippen LogP contribution in [-0.2, 0) is 23.1 Å². The minimum atomic E-state index is -4.34. The van der Waals surface area contributed by atoms with Crippen LogP contribution in [0.4, 0.5) is 4.39 Å². The highest BCUT2D eigenvalue weighted by molar-refractivity contribution is 7.89. The summed E-state index contributed by atoms with van der Waals surface area (Å²) in [6, 6.07) is 15.2. The lowest BCUT2D eigenvalue weighted by molar-refractivity contribution is 0.172. The van der Waals surface area contributed by atoms with Crippen molar-refractivity contribution in [3.8, 4) is 23.0 Å². The van der Waals surface area contributed by atoms with Crippen molar-refractivity contribution >= 4 is 20.9 Å². The lowest BCUT2D eigenvalue weighted by Gasteiger charge is -2.23. The first-order chi connectivity index (χ1) is 17.9. The predicted molar refractivity (Wildman–Crippen MR) is 131 cm³/mol. The number of hydrogen-bond acceptors (Lipinski definition) is 7. The highest BCUT2D eigenvalue weighted by Crippen LogP contribution is 2.35. The standard InChI is InChI=1S/C26H21FN2O7S/c27-19-3-1-2-4-25(19)37(31,32)29(13-16-5-6-21-22(9-16)36-15-35-21)14-18-10-17-11-23-24(34-8-7-33-23)12-20(17)28-26(18)30/h1-6,9-12H,7-8,13-15H2,(H,28,30). The van der Waals surface area contributed by atoms with Crippen molar-refractivity contribution < 1.29 is 31.8 Å². The topological polar surface area (TPSA) is 107 Å². The number of H-pyrrole nitrogens is 1. The van der Waals surface area contributed by atoms with Gasteiger partial charge >= 0.3 is 0 Å². The lowest BCUT2D eigenvalue weighted by atomic mass is 10.1. The molecule has 2 aliphatic rings. The van der Waals surface area contributed by atoms with Crippen LogP contribution in [0, 0.1) is 5.82 Å². The number of aromatic nitrogens is 1. The quantitative estimate of drug-likeness (QED) is 0.411. The van der Waals surface area contributed by atoms with Crippen molar-refractivity contribution in [3.05, 3.63) is 88.0 Å². The molecule has 0 aliphatic carbocycles. The molecule has 0 saturated carbocycles. The van der Waals surface area contributed by atoms with E-state index in [0.717, 1.165) is 10.4 Å². The van der Waals surface area contributed by atoms with Crippen molar-refractivity contribution in [1.29, 1.82) is 0 Å². The fraction of sp³-hybridized carbons (Fsp3) is 0.192. The van der Waals surface area contributed by atoms with Gasteiger partial charge in [0.05, 0.1) is 5.52 Å². The maximum absolute atomic E-state index is 14.6. The number of halogens is 1. The minimum Gasteiger partial charge on any atom is -0.486 e. The van der Waals surface area contributed by atoms with Gasteiger partial charge in [-0.2, -0.15) is 4.31 Å². The van der Waals surface area contributed by atoms with Gasteiger partial charge in [0.1, 0.15) is 23.9 Å². The van der Waals surface area contributed by atoms with Crippen LogP contribution in [0.1, 0.15) is 11.1 Å². The Morgan fingerprint density at radius 1 is 0.838 bits per heavy atom. The number of fused-ring (bicyclic) bond motifs is 3. The number of ether oxygens (including phenoxy) is 4. The highest BCUT2D eigenvalue weighted by Gasteiger charge is 2.29. The first-order valence-corrected chi connectivity index (χ1v) is 12.9. The molecular weight excluding hydrogens is 503 g/mol. The van der Waals surface area contributed by atoms with E-state index in [1.54, 1.807) is 36.4 Å². The van der Waals surface area contributed by atoms with Crippen LogP contribution in [-0.4, -0.2) is 37.7 Å². The summed E-state index contributed by atoms with van der Waals surface area (Å²) in [5.41, 5.74) is 0.826. The van der Waals surface area contributed by atoms with Crippen LogP contribution in [0.25, 0.3) is 10.9 Å². The number of nitrogens with zero attached hydrogens (tertiary/aromatic N) is 1. The Balaban J connectivity index is 1.41. The molecule has 1 N–H and O–H groups in total. The van der Waals surface area contributed by atoms with Gasteiger partial charge in [0.15, 0.2) is 23.0 Å². The maximum atomic E-state index is 14.6. The number of hydrogen-bond donors (Lipinski definition) is 1. The molecule has 0 bridgehead atoms. The first-order valence-electron chi connectivity index (χ1n) is 11.5. The smallest absolute Gasteiger partial charge is 0.252 e. The second kappa shape index (κ2) is 9.09. The average Bonchev–Trinajstić information content (AvgIpc) is 3.36. The molecule has 0 fully saturated rings. The molecule has 0 saturated heterocycles. The van der Waals surface area contributed by atoms with Crippen LogP contribution >= 0.6 is 0 Å². The zero-order chi connectivity index (χ0) is 25.6. The van der Waals surface area contributed by atoms with E-state index in [1.165, 1.54) is 18.2 Å². The number of sulfonamides is 1. The molecule has 190 valence electrons. The summed E-state index contributed by atoms with van der Waals surface area (Å²) < 4.78 is 64.9. The fourth-order valence-corrected chi connectivity index (χ4v) is 5.83. The Bertz CT molecular complexity index is 1690. The molecule has 0 spiro atoms. The molecule has 3 heterocycles. The summed E-state index contributed by atoms with van der Waals surface area (Å²) >= 11 is 0. The second-order valence-corrected chi connectivity index (χ2v) is 10.5. The zero-order valence-corrected chi connectivity index (χ0v) is 20.2. The van der Waals surface area contributed by atoms with E-state index in [4.69, 9.17) is 18.9 Å². The Morgan fingerprint density at radius 3 is 2.38 bits per heavy atom. The SMILES string of the molecule is O=c1[nH]c2cc3c(cc2cc1CN(Cc1ccc2c(c1)OCO2)S(=O)(=O)c1ccccc1F)OCCO3. The van der Waals surface area contributed by atoms with Crippen molar-refractivity contribution in [2.24, 2.45) is 0 Å². The monoisotopic (exact) mass is 524 g/mol. The Hall–Kier alpha value is -4.09. The number of aromatic amines is 1. The molecule has 1 aromatic heterocycles. The van der Waals surface area contributed by atoms with Gasteiger partial charge in [-0.05, 0) is 42.0 Å². The van der Waals surface area contributed by atoms with Crippen LogP contribution < -0.4 is 24.5 Å².